The third-order valence-corrected chi connectivity index (χ3v) is 5.73. The number of benzene rings is 3. The Balaban J connectivity index is 1.45. The summed E-state index contributed by atoms with van der Waals surface area (Å²) in [4.78, 5) is 15.2. The number of hydrogen-bond acceptors (Lipinski definition) is 4. The monoisotopic (exact) mass is 435 g/mol. The van der Waals surface area contributed by atoms with Gasteiger partial charge >= 0.3 is 0 Å². The van der Waals surface area contributed by atoms with Gasteiger partial charge < -0.3 is 9.47 Å². The Morgan fingerprint density at radius 3 is 2.61 bits per heavy atom. The molecule has 2 aliphatic heterocycles. The third-order valence-electron chi connectivity index (χ3n) is 5.47. The average molecular weight is 436 g/mol. The number of aryl methyl sites for hydroxylation is 1. The van der Waals surface area contributed by atoms with Gasteiger partial charge in [-0.2, -0.15) is 0 Å². The minimum Gasteiger partial charge on any atom is -0.478 e. The number of carbonyl (C=O) groups is 1. The zero-order valence-corrected chi connectivity index (χ0v) is 17.6. The Hall–Kier alpha value is -3.15. The van der Waals surface area contributed by atoms with Crippen molar-refractivity contribution in [1.82, 2.24) is 4.90 Å². The Morgan fingerprint density at radius 1 is 1.13 bits per heavy atom. The molecule has 3 aromatic carbocycles. The van der Waals surface area contributed by atoms with Gasteiger partial charge in [0.05, 0.1) is 11.1 Å². The maximum atomic E-state index is 13.2. The maximum Gasteiger partial charge on any atom is 0.232 e. The fourth-order valence-corrected chi connectivity index (χ4v) is 4.06. The van der Waals surface area contributed by atoms with Crippen molar-refractivity contribution >= 4 is 23.5 Å². The number of hydrogen-bond donors (Lipinski definition) is 0. The lowest BCUT2D eigenvalue weighted by Gasteiger charge is -2.30. The molecule has 0 spiro atoms. The van der Waals surface area contributed by atoms with Crippen LogP contribution in [0.2, 0.25) is 5.02 Å². The van der Waals surface area contributed by atoms with Crippen LogP contribution in [0.3, 0.4) is 0 Å². The highest BCUT2D eigenvalue weighted by atomic mass is 35.5. The van der Waals surface area contributed by atoms with Crippen LogP contribution in [0.25, 0.3) is 6.08 Å². The summed E-state index contributed by atoms with van der Waals surface area (Å²) in [7, 11) is 0. The van der Waals surface area contributed by atoms with Gasteiger partial charge in [-0.3, -0.25) is 9.69 Å². The van der Waals surface area contributed by atoms with Gasteiger partial charge in [0.1, 0.15) is 24.0 Å². The van der Waals surface area contributed by atoms with Crippen LogP contribution < -0.4 is 9.47 Å². The highest BCUT2D eigenvalue weighted by Crippen LogP contribution is 2.44. The molecule has 0 fully saturated rings. The van der Waals surface area contributed by atoms with Gasteiger partial charge in [-0.15, -0.1) is 0 Å². The molecule has 4 nitrogen and oxygen atoms in total. The lowest BCUT2D eigenvalue weighted by Crippen LogP contribution is -2.31. The van der Waals surface area contributed by atoms with E-state index in [0.717, 1.165) is 28.0 Å². The molecular weight excluding hydrogens is 417 g/mol. The normalized spacial score (nSPS) is 16.6. The van der Waals surface area contributed by atoms with E-state index in [2.05, 4.69) is 4.90 Å². The Kier molecular flexibility index (Phi) is 5.00. The number of ketones is 1. The number of ether oxygens (including phenoxy) is 2. The van der Waals surface area contributed by atoms with Crippen LogP contribution >= 0.6 is 11.6 Å². The van der Waals surface area contributed by atoms with Gasteiger partial charge in [0, 0.05) is 18.1 Å². The van der Waals surface area contributed by atoms with E-state index in [1.54, 1.807) is 30.3 Å². The number of allylic oxidation sites excluding steroid dienone is 1. The topological polar surface area (TPSA) is 38.8 Å². The molecule has 2 aliphatic rings. The SMILES string of the molecule is Cc1cc2c(c3c1C(=O)/C(=C/c1ccc(Cl)cc1)O3)CN(Cc1ccc(F)cc1)CO2. The highest BCUT2D eigenvalue weighted by Gasteiger charge is 2.35. The van der Waals surface area contributed by atoms with Gasteiger partial charge in [0.2, 0.25) is 5.78 Å². The van der Waals surface area contributed by atoms with Crippen molar-refractivity contribution in [1.29, 1.82) is 0 Å². The number of fused-ring (bicyclic) bond motifs is 3. The van der Waals surface area contributed by atoms with Crippen LogP contribution in [-0.4, -0.2) is 17.4 Å². The summed E-state index contributed by atoms with van der Waals surface area (Å²) in [5, 5.41) is 0.632. The van der Waals surface area contributed by atoms with Gasteiger partial charge in [0.15, 0.2) is 5.76 Å². The van der Waals surface area contributed by atoms with Crippen LogP contribution in [-0.2, 0) is 13.1 Å². The highest BCUT2D eigenvalue weighted by molar-refractivity contribution is 6.30. The summed E-state index contributed by atoms with van der Waals surface area (Å²) in [5.74, 6) is 1.17. The van der Waals surface area contributed by atoms with Crippen molar-refractivity contribution in [2.75, 3.05) is 6.73 Å². The summed E-state index contributed by atoms with van der Waals surface area (Å²) < 4.78 is 25.2. The molecule has 5 rings (SSSR count). The van der Waals surface area contributed by atoms with Gasteiger partial charge in [0.25, 0.3) is 0 Å². The molecule has 0 N–H and O–H groups in total. The molecule has 0 bridgehead atoms. The molecule has 0 saturated carbocycles. The molecule has 3 aromatic rings. The van der Waals surface area contributed by atoms with Crippen LogP contribution in [0.4, 0.5) is 4.39 Å². The molecule has 0 amide bonds. The minimum atomic E-state index is -0.260. The third kappa shape index (κ3) is 3.82. The summed E-state index contributed by atoms with van der Waals surface area (Å²) in [6.07, 6.45) is 1.73. The van der Waals surface area contributed by atoms with Crippen molar-refractivity contribution in [3.63, 3.8) is 0 Å². The second-order valence-electron chi connectivity index (χ2n) is 7.75. The predicted molar refractivity (Wildman–Crippen MR) is 117 cm³/mol. The number of carbonyl (C=O) groups excluding carboxylic acids is 1. The van der Waals surface area contributed by atoms with Crippen molar-refractivity contribution in [3.05, 3.63) is 99.0 Å². The molecule has 156 valence electrons. The summed E-state index contributed by atoms with van der Waals surface area (Å²) >= 11 is 5.95. The predicted octanol–water partition coefficient (Wildman–Crippen LogP) is 5.76. The molecule has 0 atom stereocenters. The largest absolute Gasteiger partial charge is 0.478 e. The van der Waals surface area contributed by atoms with Crippen molar-refractivity contribution in [2.24, 2.45) is 0 Å². The molecule has 6 heteroatoms. The second kappa shape index (κ2) is 7.84. The quantitative estimate of drug-likeness (QED) is 0.490. The number of nitrogens with zero attached hydrogens (tertiary/aromatic N) is 1. The fraction of sp³-hybridized carbons (Fsp3) is 0.160. The molecule has 2 heterocycles. The van der Waals surface area contributed by atoms with E-state index in [1.165, 1.54) is 12.1 Å². The number of halogens is 2. The summed E-state index contributed by atoms with van der Waals surface area (Å²) in [6, 6.07) is 15.5. The van der Waals surface area contributed by atoms with Crippen LogP contribution in [0.1, 0.15) is 32.6 Å². The van der Waals surface area contributed by atoms with E-state index in [1.807, 2.05) is 25.1 Å². The summed E-state index contributed by atoms with van der Waals surface area (Å²) in [6.45, 7) is 3.46. The fourth-order valence-electron chi connectivity index (χ4n) is 3.94. The lowest BCUT2D eigenvalue weighted by atomic mass is 9.98. The van der Waals surface area contributed by atoms with Gasteiger partial charge in [-0.05, 0) is 60.0 Å². The molecule has 0 saturated heterocycles. The minimum absolute atomic E-state index is 0.138. The Morgan fingerprint density at radius 2 is 1.87 bits per heavy atom. The van der Waals surface area contributed by atoms with Crippen LogP contribution in [0, 0.1) is 12.7 Å². The Bertz CT molecular complexity index is 1200. The maximum absolute atomic E-state index is 13.2. The first-order valence-corrected chi connectivity index (χ1v) is 10.3. The first kappa shape index (κ1) is 19.8. The van der Waals surface area contributed by atoms with Crippen molar-refractivity contribution in [2.45, 2.75) is 20.0 Å². The number of Topliss-reactive ketones (excluding diaryl/α,β-unsaturated/α-hetero) is 1. The van der Waals surface area contributed by atoms with Gasteiger partial charge in [-0.25, -0.2) is 4.39 Å². The molecule has 0 aromatic heterocycles. The lowest BCUT2D eigenvalue weighted by molar-refractivity contribution is 0.0872. The molecule has 0 radical (unpaired) electrons. The van der Waals surface area contributed by atoms with E-state index in [0.29, 0.717) is 36.2 Å². The van der Waals surface area contributed by atoms with Crippen LogP contribution in [0.15, 0.2) is 60.4 Å². The van der Waals surface area contributed by atoms with Crippen LogP contribution in [0.5, 0.6) is 11.5 Å². The molecular formula is C25H19ClFNO3. The van der Waals surface area contributed by atoms with Gasteiger partial charge in [-0.1, -0.05) is 35.9 Å². The van der Waals surface area contributed by atoms with E-state index in [4.69, 9.17) is 21.1 Å². The summed E-state index contributed by atoms with van der Waals surface area (Å²) in [5.41, 5.74) is 4.07. The van der Waals surface area contributed by atoms with Crippen molar-refractivity contribution < 1.29 is 18.7 Å². The first-order valence-electron chi connectivity index (χ1n) is 9.94. The molecule has 31 heavy (non-hydrogen) atoms. The zero-order chi connectivity index (χ0) is 21.5. The van der Waals surface area contributed by atoms with Crippen molar-refractivity contribution in [3.8, 4) is 11.5 Å². The molecule has 0 aliphatic carbocycles. The van der Waals surface area contributed by atoms with E-state index >= 15 is 0 Å². The van der Waals surface area contributed by atoms with E-state index in [9.17, 15) is 9.18 Å². The van der Waals surface area contributed by atoms with E-state index in [-0.39, 0.29) is 17.4 Å². The Labute approximate surface area is 184 Å². The van der Waals surface area contributed by atoms with E-state index < -0.39 is 0 Å². The second-order valence-corrected chi connectivity index (χ2v) is 8.19. The molecule has 0 unspecified atom stereocenters. The smallest absolute Gasteiger partial charge is 0.232 e. The average Bonchev–Trinajstić information content (AvgIpc) is 3.09. The zero-order valence-electron chi connectivity index (χ0n) is 16.8. The number of rotatable bonds is 3. The first-order chi connectivity index (χ1) is 15.0. The standard InChI is InChI=1S/C25H19ClFNO3/c1-15-10-21-20(13-28(14-30-21)12-17-4-8-19(27)9-5-17)25-23(15)24(29)22(31-25)11-16-2-6-18(26)7-3-16/h2-11H,12-14H2,1H3/b22-11-.